The Morgan fingerprint density at radius 1 is 0.903 bits per heavy atom. The van der Waals surface area contributed by atoms with Crippen LogP contribution in [0.3, 0.4) is 0 Å². The van der Waals surface area contributed by atoms with Crippen LogP contribution in [0.2, 0.25) is 0 Å². The zero-order valence-corrected chi connectivity index (χ0v) is 20.2. The quantitative estimate of drug-likeness (QED) is 0.275. The van der Waals surface area contributed by atoms with Gasteiger partial charge in [0.25, 0.3) is 0 Å². The summed E-state index contributed by atoms with van der Waals surface area (Å²) in [5.41, 5.74) is 2.77. The van der Waals surface area contributed by atoms with Crippen LogP contribution in [0.15, 0.2) is 42.5 Å². The van der Waals surface area contributed by atoms with Gasteiger partial charge in [0.15, 0.2) is 0 Å². The van der Waals surface area contributed by atoms with E-state index in [1.807, 2.05) is 12.1 Å². The van der Waals surface area contributed by atoms with Crippen molar-refractivity contribution in [3.8, 4) is 11.5 Å². The number of unbranched alkanes of at least 4 members (excludes halogenated alkanes) is 6. The summed E-state index contributed by atoms with van der Waals surface area (Å²) in [7, 11) is -1.82. The van der Waals surface area contributed by atoms with Crippen molar-refractivity contribution < 1.29 is 18.4 Å². The van der Waals surface area contributed by atoms with Gasteiger partial charge in [0.1, 0.15) is 17.1 Å². The molecule has 0 bridgehead atoms. The summed E-state index contributed by atoms with van der Waals surface area (Å²) in [6.45, 7) is 8.76. The second-order valence-corrected chi connectivity index (χ2v) is 10.2. The zero-order chi connectivity index (χ0) is 22.3. The summed E-state index contributed by atoms with van der Waals surface area (Å²) < 4.78 is 17.3. The molecule has 0 saturated carbocycles. The first-order valence-electron chi connectivity index (χ1n) is 11.5. The molecule has 2 aromatic carbocycles. The van der Waals surface area contributed by atoms with E-state index in [9.17, 15) is 4.79 Å². The Hall–Kier alpha value is -2.06. The van der Waals surface area contributed by atoms with Gasteiger partial charge in [-0.15, -0.1) is 0 Å². The molecule has 2 aromatic rings. The molecule has 0 aromatic heterocycles. The van der Waals surface area contributed by atoms with Crippen molar-refractivity contribution in [2.45, 2.75) is 84.5 Å². The Balaban J connectivity index is 1.64. The fraction of sp³-hybridized carbons (Fsp3) is 0.500. The lowest BCUT2D eigenvalue weighted by molar-refractivity contribution is 0.0697. The number of rotatable bonds is 10. The van der Waals surface area contributed by atoms with Gasteiger partial charge in [-0.1, -0.05) is 90.5 Å². The van der Waals surface area contributed by atoms with Crippen LogP contribution in [0.25, 0.3) is 0 Å². The van der Waals surface area contributed by atoms with Crippen LogP contribution in [0.1, 0.15) is 94.1 Å². The van der Waals surface area contributed by atoms with E-state index >= 15 is 0 Å². The van der Waals surface area contributed by atoms with Gasteiger partial charge in [0, 0.05) is 5.56 Å². The molecular formula is C26H35O4P. The largest absolute Gasteiger partial charge is 0.532 e. The predicted octanol–water partition coefficient (Wildman–Crippen LogP) is 8.13. The van der Waals surface area contributed by atoms with Crippen LogP contribution in [-0.2, 0) is 16.4 Å². The molecule has 0 radical (unpaired) electrons. The topological polar surface area (TPSA) is 44.8 Å². The highest BCUT2D eigenvalue weighted by molar-refractivity contribution is 7.43. The second-order valence-electron chi connectivity index (χ2n) is 9.23. The van der Waals surface area contributed by atoms with Crippen molar-refractivity contribution in [1.82, 2.24) is 0 Å². The molecule has 1 atom stereocenters. The lowest BCUT2D eigenvalue weighted by atomic mass is 9.85. The monoisotopic (exact) mass is 442 g/mol. The fourth-order valence-electron chi connectivity index (χ4n) is 3.73. The summed E-state index contributed by atoms with van der Waals surface area (Å²) in [5, 5.41) is 0. The van der Waals surface area contributed by atoms with Crippen molar-refractivity contribution in [2.75, 3.05) is 0 Å². The number of hydrogen-bond donors (Lipinski definition) is 0. The van der Waals surface area contributed by atoms with Gasteiger partial charge in [0.2, 0.25) is 0 Å². The maximum Gasteiger partial charge on any atom is 0.532 e. The van der Waals surface area contributed by atoms with Gasteiger partial charge in [-0.05, 0) is 42.0 Å². The summed E-state index contributed by atoms with van der Waals surface area (Å²) in [6.07, 6.45) is 10.2. The molecule has 3 rings (SSSR count). The molecule has 1 unspecified atom stereocenters. The van der Waals surface area contributed by atoms with Crippen molar-refractivity contribution in [1.29, 1.82) is 0 Å². The predicted molar refractivity (Wildman–Crippen MR) is 127 cm³/mol. The van der Waals surface area contributed by atoms with Gasteiger partial charge >= 0.3 is 14.6 Å². The summed E-state index contributed by atoms with van der Waals surface area (Å²) in [4.78, 5) is 12.3. The molecule has 1 aliphatic heterocycles. The SMILES string of the molecule is CCCCCCCCCc1ccc(OP2OC(=O)c3ccccc3O2)c(C(C)(C)C)c1. The lowest BCUT2D eigenvalue weighted by Crippen LogP contribution is -2.17. The third kappa shape index (κ3) is 6.71. The van der Waals surface area contributed by atoms with Crippen molar-refractivity contribution in [3.63, 3.8) is 0 Å². The van der Waals surface area contributed by atoms with Gasteiger partial charge < -0.3 is 13.6 Å². The Morgan fingerprint density at radius 3 is 2.35 bits per heavy atom. The first-order chi connectivity index (χ1) is 14.9. The van der Waals surface area contributed by atoms with E-state index in [1.54, 1.807) is 18.2 Å². The number of para-hydroxylation sites is 1. The van der Waals surface area contributed by atoms with E-state index in [0.717, 1.165) is 12.0 Å². The molecule has 1 heterocycles. The lowest BCUT2D eigenvalue weighted by Gasteiger charge is -2.27. The molecule has 0 spiro atoms. The first kappa shape index (κ1) is 23.6. The minimum Gasteiger partial charge on any atom is -0.408 e. The number of carbonyl (C=O) groups excluding carboxylic acids is 1. The smallest absolute Gasteiger partial charge is 0.408 e. The minimum absolute atomic E-state index is 0.0987. The molecule has 31 heavy (non-hydrogen) atoms. The Labute approximate surface area is 188 Å². The number of fused-ring (bicyclic) bond motifs is 1. The number of hydrogen-bond acceptors (Lipinski definition) is 4. The van der Waals surface area contributed by atoms with E-state index in [2.05, 4.69) is 39.8 Å². The van der Waals surface area contributed by atoms with Crippen molar-refractivity contribution in [3.05, 3.63) is 59.2 Å². The van der Waals surface area contributed by atoms with Gasteiger partial charge in [-0.3, -0.25) is 0 Å². The van der Waals surface area contributed by atoms with Crippen LogP contribution in [0.4, 0.5) is 0 Å². The molecule has 0 saturated heterocycles. The number of aryl methyl sites for hydroxylation is 1. The molecule has 1 aliphatic rings. The fourth-order valence-corrected chi connectivity index (χ4v) is 4.72. The highest BCUT2D eigenvalue weighted by Gasteiger charge is 2.33. The van der Waals surface area contributed by atoms with Crippen molar-refractivity contribution in [2.24, 2.45) is 0 Å². The Morgan fingerprint density at radius 2 is 1.61 bits per heavy atom. The van der Waals surface area contributed by atoms with Gasteiger partial charge in [-0.25, -0.2) is 4.79 Å². The average Bonchev–Trinajstić information content (AvgIpc) is 2.73. The third-order valence-electron chi connectivity index (χ3n) is 5.53. The summed E-state index contributed by atoms with van der Waals surface area (Å²) in [5.74, 6) is 0.827. The van der Waals surface area contributed by atoms with E-state index in [0.29, 0.717) is 17.1 Å². The molecule has 0 N–H and O–H groups in total. The second kappa shape index (κ2) is 11.0. The molecule has 5 heteroatoms. The Bertz CT molecular complexity index is 872. The van der Waals surface area contributed by atoms with Crippen LogP contribution in [0.5, 0.6) is 11.5 Å². The highest BCUT2D eigenvalue weighted by atomic mass is 31.2. The maximum absolute atomic E-state index is 12.3. The normalized spacial score (nSPS) is 15.7. The van der Waals surface area contributed by atoms with Crippen LogP contribution < -0.4 is 9.05 Å². The van der Waals surface area contributed by atoms with Gasteiger partial charge in [-0.2, -0.15) is 0 Å². The van der Waals surface area contributed by atoms with E-state index in [-0.39, 0.29) is 5.41 Å². The van der Waals surface area contributed by atoms with E-state index in [4.69, 9.17) is 13.6 Å². The standard InChI is InChI=1S/C26H35O4P/c1-5-6-7-8-9-10-11-14-20-17-18-24(22(19-20)26(2,3)4)29-31-28-23-16-13-12-15-21(23)25(27)30-31/h12-13,15-19H,5-11,14H2,1-4H3. The number of benzene rings is 2. The van der Waals surface area contributed by atoms with Crippen LogP contribution >= 0.6 is 8.60 Å². The summed E-state index contributed by atoms with van der Waals surface area (Å²) >= 11 is 0. The first-order valence-corrected chi connectivity index (χ1v) is 12.6. The van der Waals surface area contributed by atoms with E-state index < -0.39 is 14.6 Å². The van der Waals surface area contributed by atoms with Crippen molar-refractivity contribution >= 4 is 14.6 Å². The molecule has 0 aliphatic carbocycles. The summed E-state index contributed by atoms with van der Waals surface area (Å²) in [6, 6.07) is 13.5. The molecule has 0 amide bonds. The van der Waals surface area contributed by atoms with Crippen LogP contribution in [0, 0.1) is 0 Å². The Kier molecular flexibility index (Phi) is 8.37. The van der Waals surface area contributed by atoms with Gasteiger partial charge in [0.05, 0.1) is 0 Å². The molecule has 168 valence electrons. The maximum atomic E-state index is 12.3. The zero-order valence-electron chi connectivity index (χ0n) is 19.3. The minimum atomic E-state index is -1.82. The molecular weight excluding hydrogens is 407 g/mol. The highest BCUT2D eigenvalue weighted by Crippen LogP contribution is 2.49. The van der Waals surface area contributed by atoms with E-state index in [1.165, 1.54) is 50.5 Å². The molecule has 4 nitrogen and oxygen atoms in total. The van der Waals surface area contributed by atoms with Crippen LogP contribution in [-0.4, -0.2) is 5.97 Å². The third-order valence-corrected chi connectivity index (χ3v) is 6.54. The molecule has 0 fully saturated rings. The number of carbonyl (C=O) groups is 1. The average molecular weight is 443 g/mol.